The van der Waals surface area contributed by atoms with Crippen LogP contribution in [-0.4, -0.2) is 58.4 Å². The zero-order valence-corrected chi connectivity index (χ0v) is 11.8. The van der Waals surface area contributed by atoms with Gasteiger partial charge in [0, 0.05) is 18.9 Å². The lowest BCUT2D eigenvalue weighted by Gasteiger charge is -2.38. The van der Waals surface area contributed by atoms with Crippen LogP contribution in [0.5, 0.6) is 0 Å². The molecule has 0 radical (unpaired) electrons. The Labute approximate surface area is 122 Å². The number of aliphatic hydroxyl groups excluding tert-OH is 1. The summed E-state index contributed by atoms with van der Waals surface area (Å²) >= 11 is 0. The van der Waals surface area contributed by atoms with Crippen molar-refractivity contribution in [2.45, 2.75) is 43.9 Å². The van der Waals surface area contributed by atoms with Gasteiger partial charge in [0.25, 0.3) is 0 Å². The van der Waals surface area contributed by atoms with Gasteiger partial charge in [-0.1, -0.05) is 6.92 Å². The first-order valence-electron chi connectivity index (χ1n) is 7.17. The number of rotatable bonds is 4. The van der Waals surface area contributed by atoms with Gasteiger partial charge in [-0.25, -0.2) is 9.78 Å². The number of nitrogens with one attached hydrogen (secondary N) is 2. The van der Waals surface area contributed by atoms with Crippen molar-refractivity contribution in [3.8, 4) is 0 Å². The summed E-state index contributed by atoms with van der Waals surface area (Å²) in [6.45, 7) is 2.92. The van der Waals surface area contributed by atoms with E-state index in [1.54, 1.807) is 23.3 Å². The van der Waals surface area contributed by atoms with E-state index in [1.807, 2.05) is 6.92 Å². The normalized spacial score (nSPS) is 34.7. The molecule has 5 unspecified atom stereocenters. The van der Waals surface area contributed by atoms with E-state index < -0.39 is 24.5 Å². The Bertz CT molecular complexity index is 481. The van der Waals surface area contributed by atoms with Gasteiger partial charge in [-0.2, -0.15) is 0 Å². The van der Waals surface area contributed by atoms with E-state index in [0.717, 1.165) is 6.42 Å². The predicted octanol–water partition coefficient (Wildman–Crippen LogP) is -0.382. The molecule has 21 heavy (non-hydrogen) atoms. The lowest BCUT2D eigenvalue weighted by atomic mass is 9.96. The number of hydrogen-bond acceptors (Lipinski definition) is 5. The largest absolute Gasteiger partial charge is 0.388 e. The minimum Gasteiger partial charge on any atom is -0.388 e. The fraction of sp³-hybridized carbons (Fsp3) is 0.692. The topological polar surface area (TPSA) is 97.6 Å². The zero-order chi connectivity index (χ0) is 14.8. The van der Waals surface area contributed by atoms with Crippen molar-refractivity contribution in [1.29, 1.82) is 0 Å². The Morgan fingerprint density at radius 2 is 2.43 bits per heavy atom. The first-order chi connectivity index (χ1) is 10.2. The van der Waals surface area contributed by atoms with E-state index in [0.29, 0.717) is 13.2 Å². The van der Waals surface area contributed by atoms with Gasteiger partial charge >= 0.3 is 6.03 Å². The fourth-order valence-electron chi connectivity index (χ4n) is 2.78. The number of nitrogens with zero attached hydrogens (tertiary/aromatic N) is 2. The zero-order valence-electron chi connectivity index (χ0n) is 11.8. The van der Waals surface area contributed by atoms with Gasteiger partial charge in [0.2, 0.25) is 0 Å². The standard InChI is InChI=1S/C13H20N4O4/c1-2-3-15-13(19)16-9-8-6-20-12(21-8)10(11(9)18)17-5-4-14-7-17/h4-5,7-12,18H,2-3,6H2,1H3,(H2,15,16,19). The Morgan fingerprint density at radius 3 is 3.14 bits per heavy atom. The van der Waals surface area contributed by atoms with Crippen LogP contribution in [-0.2, 0) is 9.47 Å². The molecule has 2 amide bonds. The number of ether oxygens (including phenoxy) is 2. The summed E-state index contributed by atoms with van der Waals surface area (Å²) in [4.78, 5) is 15.8. The average Bonchev–Trinajstić information content (AvgIpc) is 3.13. The molecule has 2 aliphatic heterocycles. The van der Waals surface area contributed by atoms with Gasteiger partial charge in [-0.3, -0.25) is 0 Å². The molecule has 3 N–H and O–H groups in total. The van der Waals surface area contributed by atoms with Crippen LogP contribution >= 0.6 is 0 Å². The third kappa shape index (κ3) is 2.74. The highest BCUT2D eigenvalue weighted by atomic mass is 16.7. The number of fused-ring (bicyclic) bond motifs is 2. The molecule has 0 aliphatic carbocycles. The molecule has 2 bridgehead atoms. The lowest BCUT2D eigenvalue weighted by Crippen LogP contribution is -2.60. The molecule has 2 saturated heterocycles. The van der Waals surface area contributed by atoms with Crippen LogP contribution in [0.25, 0.3) is 0 Å². The highest BCUT2D eigenvalue weighted by Gasteiger charge is 2.51. The smallest absolute Gasteiger partial charge is 0.315 e. The first-order valence-corrected chi connectivity index (χ1v) is 7.17. The van der Waals surface area contributed by atoms with Gasteiger partial charge in [-0.05, 0) is 6.42 Å². The van der Waals surface area contributed by atoms with E-state index in [9.17, 15) is 9.90 Å². The minimum absolute atomic E-state index is 0.306. The Kier molecular flexibility index (Phi) is 4.09. The summed E-state index contributed by atoms with van der Waals surface area (Å²) in [5.41, 5.74) is 0. The van der Waals surface area contributed by atoms with E-state index >= 15 is 0 Å². The fourth-order valence-corrected chi connectivity index (χ4v) is 2.78. The van der Waals surface area contributed by atoms with Gasteiger partial charge in [-0.15, -0.1) is 0 Å². The van der Waals surface area contributed by atoms with Crippen molar-refractivity contribution in [3.63, 3.8) is 0 Å². The highest BCUT2D eigenvalue weighted by molar-refractivity contribution is 5.74. The second kappa shape index (κ2) is 6.00. The lowest BCUT2D eigenvalue weighted by molar-refractivity contribution is -0.163. The van der Waals surface area contributed by atoms with E-state index in [2.05, 4.69) is 15.6 Å². The quantitative estimate of drug-likeness (QED) is 0.703. The van der Waals surface area contributed by atoms with E-state index in [1.165, 1.54) is 0 Å². The summed E-state index contributed by atoms with van der Waals surface area (Å²) < 4.78 is 13.1. The van der Waals surface area contributed by atoms with Crippen molar-refractivity contribution in [3.05, 3.63) is 18.7 Å². The van der Waals surface area contributed by atoms with Crippen molar-refractivity contribution >= 4 is 6.03 Å². The number of aliphatic hydroxyl groups is 1. The number of hydrogen-bond donors (Lipinski definition) is 3. The monoisotopic (exact) mass is 296 g/mol. The van der Waals surface area contributed by atoms with Gasteiger partial charge < -0.3 is 29.8 Å². The maximum atomic E-state index is 11.8. The van der Waals surface area contributed by atoms with E-state index in [-0.39, 0.29) is 12.1 Å². The first kappa shape index (κ1) is 14.3. The van der Waals surface area contributed by atoms with Crippen LogP contribution < -0.4 is 10.6 Å². The van der Waals surface area contributed by atoms with E-state index in [4.69, 9.17) is 9.47 Å². The second-order valence-electron chi connectivity index (χ2n) is 5.29. The number of imidazole rings is 1. The van der Waals surface area contributed by atoms with Gasteiger partial charge in [0.05, 0.1) is 19.0 Å². The average molecular weight is 296 g/mol. The third-order valence-electron chi connectivity index (χ3n) is 3.83. The summed E-state index contributed by atoms with van der Waals surface area (Å²) in [5.74, 6) is 0. The molecule has 116 valence electrons. The van der Waals surface area contributed by atoms with Crippen molar-refractivity contribution < 1.29 is 19.4 Å². The molecule has 0 aromatic carbocycles. The molecule has 1 aromatic heterocycles. The number of carbonyl (C=O) groups is 1. The Balaban J connectivity index is 1.73. The summed E-state index contributed by atoms with van der Waals surface area (Å²) in [6, 6.07) is -1.25. The number of aromatic nitrogens is 2. The van der Waals surface area contributed by atoms with Crippen LogP contribution in [0, 0.1) is 0 Å². The molecule has 0 saturated carbocycles. The number of urea groups is 1. The Morgan fingerprint density at radius 1 is 1.57 bits per heavy atom. The molecule has 1 aromatic rings. The van der Waals surface area contributed by atoms with Crippen molar-refractivity contribution in [2.75, 3.05) is 13.2 Å². The maximum Gasteiger partial charge on any atom is 0.315 e. The molecular formula is C13H20N4O4. The molecule has 2 fully saturated rings. The predicted molar refractivity (Wildman–Crippen MR) is 72.5 cm³/mol. The highest BCUT2D eigenvalue weighted by Crippen LogP contribution is 2.35. The van der Waals surface area contributed by atoms with Gasteiger partial charge in [0.1, 0.15) is 18.2 Å². The Hall–Kier alpha value is -1.64. The van der Waals surface area contributed by atoms with Crippen LogP contribution in [0.3, 0.4) is 0 Å². The molecule has 3 rings (SSSR count). The summed E-state index contributed by atoms with van der Waals surface area (Å²) in [5, 5.41) is 16.1. The number of amides is 2. The van der Waals surface area contributed by atoms with Gasteiger partial charge in [0.15, 0.2) is 6.29 Å². The molecule has 2 aliphatic rings. The third-order valence-corrected chi connectivity index (χ3v) is 3.83. The minimum atomic E-state index is -0.808. The molecule has 0 spiro atoms. The molecule has 8 heteroatoms. The SMILES string of the molecule is CCCNC(=O)NC1C2COC(O2)C(n2ccnc2)C1O. The molecule has 8 nitrogen and oxygen atoms in total. The molecule has 5 atom stereocenters. The number of carbonyl (C=O) groups excluding carboxylic acids is 1. The van der Waals surface area contributed by atoms with Crippen LogP contribution in [0.4, 0.5) is 4.79 Å². The van der Waals surface area contributed by atoms with Crippen molar-refractivity contribution in [1.82, 2.24) is 20.2 Å². The summed E-state index contributed by atoms with van der Waals surface area (Å²) in [7, 11) is 0. The maximum absolute atomic E-state index is 11.8. The van der Waals surface area contributed by atoms with Crippen LogP contribution in [0.2, 0.25) is 0 Å². The second-order valence-corrected chi connectivity index (χ2v) is 5.29. The van der Waals surface area contributed by atoms with Crippen LogP contribution in [0.1, 0.15) is 19.4 Å². The molecular weight excluding hydrogens is 276 g/mol. The van der Waals surface area contributed by atoms with Crippen LogP contribution in [0.15, 0.2) is 18.7 Å². The van der Waals surface area contributed by atoms with Crippen molar-refractivity contribution in [2.24, 2.45) is 0 Å². The summed E-state index contributed by atoms with van der Waals surface area (Å²) in [6.07, 6.45) is 4.17. The molecule has 3 heterocycles.